The van der Waals surface area contributed by atoms with Crippen molar-refractivity contribution in [1.82, 2.24) is 0 Å². The van der Waals surface area contributed by atoms with E-state index in [1.807, 2.05) is 0 Å². The van der Waals surface area contributed by atoms with E-state index in [4.69, 9.17) is 0 Å². The molecule has 0 radical (unpaired) electrons. The zero-order valence-electron chi connectivity index (χ0n) is 9.48. The molecule has 0 saturated carbocycles. The molecule has 0 fully saturated rings. The minimum absolute atomic E-state index is 0.0907. The highest BCUT2D eigenvalue weighted by Gasteiger charge is 2.30. The summed E-state index contributed by atoms with van der Waals surface area (Å²) < 4.78 is 22.2. The van der Waals surface area contributed by atoms with E-state index in [0.717, 1.165) is 0 Å². The Morgan fingerprint density at radius 1 is 1.50 bits per heavy atom. The number of nitrogens with zero attached hydrogens (tertiary/aromatic N) is 1. The highest BCUT2D eigenvalue weighted by Crippen LogP contribution is 2.29. The Hall–Kier alpha value is -0.740. The van der Waals surface area contributed by atoms with E-state index in [9.17, 15) is 23.6 Å². The Bertz CT molecular complexity index is 545. The number of halogens is 1. The van der Waals surface area contributed by atoms with Gasteiger partial charge in [0.1, 0.15) is 9.36 Å². The fourth-order valence-corrected chi connectivity index (χ4v) is 3.69. The van der Waals surface area contributed by atoms with Crippen LogP contribution in [0.5, 0.6) is 0 Å². The van der Waals surface area contributed by atoms with Gasteiger partial charge in [-0.2, -0.15) is 0 Å². The molecule has 0 bridgehead atoms. The fraction of sp³-hybridized carbons (Fsp3) is 0.400. The van der Waals surface area contributed by atoms with Crippen molar-refractivity contribution < 1.29 is 18.4 Å². The minimum atomic E-state index is -3.41. The molecule has 2 atom stereocenters. The summed E-state index contributed by atoms with van der Waals surface area (Å²) >= 11 is 1.64. The molecule has 0 aliphatic carbocycles. The number of nitro groups is 1. The van der Waals surface area contributed by atoms with Crippen molar-refractivity contribution in [2.45, 2.75) is 16.3 Å². The topological polar surface area (TPSA) is 97.5 Å². The van der Waals surface area contributed by atoms with Crippen molar-refractivity contribution in [3.05, 3.63) is 39.9 Å². The molecule has 0 aliphatic heterocycles. The number of non-ortho nitro benzene ring substituents is 1. The lowest BCUT2D eigenvalue weighted by Crippen LogP contribution is -2.24. The molecule has 1 N–H and O–H groups in total. The number of rotatable bonds is 5. The predicted octanol–water partition coefficient (Wildman–Crippen LogP) is 1.82. The second-order valence-electron chi connectivity index (χ2n) is 3.60. The zero-order valence-corrected chi connectivity index (χ0v) is 12.5. The molecule has 0 unspecified atom stereocenters. The number of benzene rings is 1. The normalized spacial score (nSPS) is 15.1. The van der Waals surface area contributed by atoms with Crippen LogP contribution in [0, 0.1) is 10.1 Å². The smallest absolute Gasteiger partial charge is 0.269 e. The molecule has 0 saturated heterocycles. The van der Waals surface area contributed by atoms with Gasteiger partial charge in [0, 0.05) is 17.9 Å². The number of sulfone groups is 1. The molecule has 1 aromatic rings. The second kappa shape index (κ2) is 5.93. The Labute approximate surface area is 118 Å². The Morgan fingerprint density at radius 2 is 2.11 bits per heavy atom. The summed E-state index contributed by atoms with van der Waals surface area (Å²) in [6, 6.07) is 5.35. The van der Waals surface area contributed by atoms with Gasteiger partial charge >= 0.3 is 0 Å². The van der Waals surface area contributed by atoms with Gasteiger partial charge < -0.3 is 5.11 Å². The van der Waals surface area contributed by atoms with E-state index in [1.54, 1.807) is 22.6 Å². The van der Waals surface area contributed by atoms with Crippen molar-refractivity contribution in [2.24, 2.45) is 0 Å². The molecule has 0 aromatic heterocycles. The third kappa shape index (κ3) is 3.39. The summed E-state index contributed by atoms with van der Waals surface area (Å²) in [7, 11) is -3.41. The van der Waals surface area contributed by atoms with Crippen LogP contribution >= 0.6 is 22.6 Å². The number of hydrogen-bond acceptors (Lipinski definition) is 5. The summed E-state index contributed by atoms with van der Waals surface area (Å²) in [5.41, 5.74) is 0.0460. The quantitative estimate of drug-likeness (QED) is 0.361. The van der Waals surface area contributed by atoms with E-state index < -0.39 is 24.1 Å². The third-order valence-corrected chi connectivity index (χ3v) is 7.17. The minimum Gasteiger partial charge on any atom is -0.386 e. The first-order valence-electron chi connectivity index (χ1n) is 5.07. The highest BCUT2D eigenvalue weighted by molar-refractivity contribution is 14.1. The summed E-state index contributed by atoms with van der Waals surface area (Å²) in [5, 5.41) is 20.6. The fourth-order valence-electron chi connectivity index (χ4n) is 1.33. The molecule has 0 heterocycles. The van der Waals surface area contributed by atoms with Gasteiger partial charge in [0.15, 0.2) is 9.84 Å². The van der Waals surface area contributed by atoms with Crippen molar-refractivity contribution in [3.63, 3.8) is 0 Å². The number of aliphatic hydroxyl groups excluding tert-OH is 1. The van der Waals surface area contributed by atoms with Crippen molar-refractivity contribution in [2.75, 3.05) is 5.75 Å². The summed E-state index contributed by atoms with van der Waals surface area (Å²) in [6.45, 7) is 1.49. The van der Waals surface area contributed by atoms with E-state index in [0.29, 0.717) is 0 Å². The van der Waals surface area contributed by atoms with Crippen molar-refractivity contribution >= 4 is 38.1 Å². The summed E-state index contributed by atoms with van der Waals surface area (Å²) in [4.78, 5) is 10.0. The second-order valence-corrected chi connectivity index (χ2v) is 8.20. The average molecular weight is 385 g/mol. The first kappa shape index (κ1) is 15.3. The molecule has 8 heteroatoms. The molecule has 0 spiro atoms. The largest absolute Gasteiger partial charge is 0.386 e. The van der Waals surface area contributed by atoms with Gasteiger partial charge in [0.2, 0.25) is 0 Å². The maximum absolute atomic E-state index is 11.6. The van der Waals surface area contributed by atoms with Crippen molar-refractivity contribution in [1.29, 1.82) is 0 Å². The highest BCUT2D eigenvalue weighted by atomic mass is 127. The van der Waals surface area contributed by atoms with E-state index >= 15 is 0 Å². The Balaban J connectivity index is 3.08. The molecular weight excluding hydrogens is 373 g/mol. The predicted molar refractivity (Wildman–Crippen MR) is 75.3 cm³/mol. The lowest BCUT2D eigenvalue weighted by molar-refractivity contribution is -0.385. The number of alkyl halides is 1. The van der Waals surface area contributed by atoms with Crippen LogP contribution in [0.2, 0.25) is 0 Å². The van der Waals surface area contributed by atoms with Crippen LogP contribution in [-0.2, 0) is 9.84 Å². The lowest BCUT2D eigenvalue weighted by Gasteiger charge is -2.17. The molecule has 0 amide bonds. The first-order valence-corrected chi connectivity index (χ1v) is 8.03. The van der Waals surface area contributed by atoms with Crippen molar-refractivity contribution in [3.8, 4) is 0 Å². The van der Waals surface area contributed by atoms with E-state index in [-0.39, 0.29) is 17.0 Å². The number of nitro benzene ring substituents is 1. The van der Waals surface area contributed by atoms with Gasteiger partial charge in [0.25, 0.3) is 5.69 Å². The maximum atomic E-state index is 11.6. The van der Waals surface area contributed by atoms with Gasteiger partial charge in [-0.25, -0.2) is 8.42 Å². The first-order chi connectivity index (χ1) is 8.29. The van der Waals surface area contributed by atoms with Crippen LogP contribution in [-0.4, -0.2) is 27.5 Å². The van der Waals surface area contributed by atoms with E-state index in [1.165, 1.54) is 31.2 Å². The van der Waals surface area contributed by atoms with E-state index in [2.05, 4.69) is 0 Å². The van der Waals surface area contributed by atoms with Crippen LogP contribution < -0.4 is 0 Å². The van der Waals surface area contributed by atoms with Gasteiger partial charge in [0.05, 0.1) is 4.92 Å². The van der Waals surface area contributed by atoms with Crippen LogP contribution in [0.25, 0.3) is 0 Å². The van der Waals surface area contributed by atoms with Crippen LogP contribution in [0.1, 0.15) is 18.6 Å². The van der Waals surface area contributed by atoms with Gasteiger partial charge in [-0.3, -0.25) is 10.1 Å². The SMILES string of the molecule is CCS(=O)(=O)[C@@H](I)[C@@H](O)c1cccc([N+](=O)[O-])c1. The molecule has 0 aliphatic rings. The van der Waals surface area contributed by atoms with Gasteiger partial charge in [-0.15, -0.1) is 0 Å². The summed E-state index contributed by atoms with van der Waals surface area (Å²) in [5.74, 6) is -0.0907. The Kier molecular flexibility index (Phi) is 5.05. The molecule has 1 rings (SSSR count). The zero-order chi connectivity index (χ0) is 13.9. The average Bonchev–Trinajstić information content (AvgIpc) is 2.37. The Morgan fingerprint density at radius 3 is 2.61 bits per heavy atom. The lowest BCUT2D eigenvalue weighted by atomic mass is 10.1. The molecule has 1 aromatic carbocycles. The standard InChI is InChI=1S/C10H12INO5S/c1-2-18(16,17)10(11)9(13)7-4-3-5-8(6-7)12(14)15/h3-6,9-10,13H,2H2,1H3/t9-,10+/m0/s1. The summed E-state index contributed by atoms with van der Waals surface area (Å²) in [6.07, 6.45) is -1.28. The molecule has 100 valence electrons. The van der Waals surface area contributed by atoms with Gasteiger partial charge in [-0.05, 0) is 5.56 Å². The number of hydrogen-bond donors (Lipinski definition) is 1. The van der Waals surface area contributed by atoms with Crippen LogP contribution in [0.15, 0.2) is 24.3 Å². The van der Waals surface area contributed by atoms with Crippen LogP contribution in [0.3, 0.4) is 0 Å². The maximum Gasteiger partial charge on any atom is 0.269 e. The number of aliphatic hydroxyl groups is 1. The molecular formula is C10H12INO5S. The molecule has 6 nitrogen and oxygen atoms in total. The monoisotopic (exact) mass is 385 g/mol. The third-order valence-electron chi connectivity index (χ3n) is 2.42. The van der Waals surface area contributed by atoms with Crippen LogP contribution in [0.4, 0.5) is 5.69 Å². The van der Waals surface area contributed by atoms with Gasteiger partial charge in [-0.1, -0.05) is 41.6 Å². The molecule has 18 heavy (non-hydrogen) atoms.